The molecule has 0 bridgehead atoms. The summed E-state index contributed by atoms with van der Waals surface area (Å²) in [5.74, 6) is 0.854. The number of rotatable bonds is 5. The number of hydrogen-bond acceptors (Lipinski definition) is 4. The van der Waals surface area contributed by atoms with Gasteiger partial charge in [-0.3, -0.25) is 0 Å². The summed E-state index contributed by atoms with van der Waals surface area (Å²) < 4.78 is 1.84. The van der Waals surface area contributed by atoms with Gasteiger partial charge < -0.3 is 20.5 Å². The molecule has 0 saturated heterocycles. The van der Waals surface area contributed by atoms with Gasteiger partial charge in [0.25, 0.3) is 0 Å². The molecule has 1 unspecified atom stereocenters. The smallest absolute Gasteiger partial charge is 0.113 e. The zero-order valence-corrected chi connectivity index (χ0v) is 10.0. The molecule has 4 N–H and O–H groups in total. The maximum Gasteiger partial charge on any atom is 0.113 e. The number of aliphatic hydroxyl groups is 2. The van der Waals surface area contributed by atoms with Crippen molar-refractivity contribution in [2.75, 3.05) is 12.3 Å². The summed E-state index contributed by atoms with van der Waals surface area (Å²) in [6.45, 7) is 0.0975. The Labute approximate surface area is 106 Å². The molecule has 1 aromatic carbocycles. The number of imidazole rings is 1. The van der Waals surface area contributed by atoms with Gasteiger partial charge in [-0.1, -0.05) is 12.1 Å². The van der Waals surface area contributed by atoms with Crippen LogP contribution < -0.4 is 5.73 Å². The van der Waals surface area contributed by atoms with Gasteiger partial charge in [-0.15, -0.1) is 0 Å². The van der Waals surface area contributed by atoms with Crippen molar-refractivity contribution in [3.05, 3.63) is 48.0 Å². The number of nitrogens with zero attached hydrogens (tertiary/aromatic N) is 2. The van der Waals surface area contributed by atoms with E-state index in [1.807, 2.05) is 28.8 Å². The molecular weight excluding hydrogens is 230 g/mol. The van der Waals surface area contributed by atoms with E-state index in [0.717, 1.165) is 17.1 Å². The monoisotopic (exact) mass is 247 g/mol. The first kappa shape index (κ1) is 12.6. The van der Waals surface area contributed by atoms with E-state index in [-0.39, 0.29) is 6.61 Å². The third kappa shape index (κ3) is 3.09. The van der Waals surface area contributed by atoms with Gasteiger partial charge in [-0.25, -0.2) is 4.98 Å². The highest BCUT2D eigenvalue weighted by Crippen LogP contribution is 2.11. The maximum atomic E-state index is 9.44. The van der Waals surface area contributed by atoms with E-state index in [0.29, 0.717) is 13.0 Å². The quantitative estimate of drug-likeness (QED) is 0.668. The second-order valence-electron chi connectivity index (χ2n) is 4.25. The molecule has 2 rings (SSSR count). The van der Waals surface area contributed by atoms with Crippen molar-refractivity contribution < 1.29 is 10.2 Å². The largest absolute Gasteiger partial charge is 0.399 e. The van der Waals surface area contributed by atoms with Crippen LogP contribution in [0.15, 0.2) is 36.7 Å². The standard InChI is InChI=1S/C13H17N3O2/c14-11-3-1-10(2-4-11)7-13-15-5-6-16(13)8-12(18)9-17/h1-6,12,17-18H,7-9,14H2. The first-order valence-corrected chi connectivity index (χ1v) is 5.82. The van der Waals surface area contributed by atoms with Gasteiger partial charge in [-0.2, -0.15) is 0 Å². The number of aromatic nitrogens is 2. The summed E-state index contributed by atoms with van der Waals surface area (Å²) in [5.41, 5.74) is 7.47. The van der Waals surface area contributed by atoms with Gasteiger partial charge in [-0.05, 0) is 17.7 Å². The maximum absolute atomic E-state index is 9.44. The third-order valence-electron chi connectivity index (χ3n) is 2.76. The van der Waals surface area contributed by atoms with Crippen molar-refractivity contribution >= 4 is 5.69 Å². The SMILES string of the molecule is Nc1ccc(Cc2nccn2CC(O)CO)cc1. The summed E-state index contributed by atoms with van der Waals surface area (Å²) in [6, 6.07) is 7.62. The minimum absolute atomic E-state index is 0.251. The average Bonchev–Trinajstić information content (AvgIpc) is 2.79. The minimum atomic E-state index is -0.760. The zero-order valence-electron chi connectivity index (χ0n) is 10.0. The molecule has 18 heavy (non-hydrogen) atoms. The molecule has 1 aromatic heterocycles. The van der Waals surface area contributed by atoms with Gasteiger partial charge in [0.1, 0.15) is 5.82 Å². The van der Waals surface area contributed by atoms with Crippen molar-refractivity contribution in [1.29, 1.82) is 0 Å². The first-order chi connectivity index (χ1) is 8.69. The van der Waals surface area contributed by atoms with Crippen molar-refractivity contribution in [1.82, 2.24) is 9.55 Å². The molecule has 96 valence electrons. The number of aliphatic hydroxyl groups excluding tert-OH is 2. The molecule has 1 atom stereocenters. The zero-order chi connectivity index (χ0) is 13.0. The van der Waals surface area contributed by atoms with Crippen molar-refractivity contribution in [3.8, 4) is 0 Å². The predicted molar refractivity (Wildman–Crippen MR) is 69.0 cm³/mol. The van der Waals surface area contributed by atoms with Crippen molar-refractivity contribution in [2.24, 2.45) is 0 Å². The van der Waals surface area contributed by atoms with Crippen LogP contribution in [0.1, 0.15) is 11.4 Å². The van der Waals surface area contributed by atoms with E-state index in [9.17, 15) is 5.11 Å². The summed E-state index contributed by atoms with van der Waals surface area (Å²) in [7, 11) is 0. The molecular formula is C13H17N3O2. The Bertz CT molecular complexity index is 493. The van der Waals surface area contributed by atoms with E-state index in [1.54, 1.807) is 12.4 Å². The van der Waals surface area contributed by atoms with Gasteiger partial charge in [0.15, 0.2) is 0 Å². The van der Waals surface area contributed by atoms with Crippen LogP contribution in [-0.4, -0.2) is 32.5 Å². The normalized spacial score (nSPS) is 12.6. The number of anilines is 1. The Morgan fingerprint density at radius 2 is 2.00 bits per heavy atom. The number of hydrogen-bond donors (Lipinski definition) is 3. The lowest BCUT2D eigenvalue weighted by Crippen LogP contribution is -2.20. The summed E-state index contributed by atoms with van der Waals surface area (Å²) >= 11 is 0. The van der Waals surface area contributed by atoms with E-state index in [4.69, 9.17) is 10.8 Å². The average molecular weight is 247 g/mol. The summed E-state index contributed by atoms with van der Waals surface area (Å²) in [6.07, 6.45) is 3.40. The van der Waals surface area contributed by atoms with Crippen LogP contribution >= 0.6 is 0 Å². The minimum Gasteiger partial charge on any atom is -0.399 e. The molecule has 0 aliphatic carbocycles. The second kappa shape index (κ2) is 5.66. The van der Waals surface area contributed by atoms with E-state index >= 15 is 0 Å². The van der Waals surface area contributed by atoms with Crippen molar-refractivity contribution in [3.63, 3.8) is 0 Å². The highest BCUT2D eigenvalue weighted by Gasteiger charge is 2.08. The highest BCUT2D eigenvalue weighted by molar-refractivity contribution is 5.39. The van der Waals surface area contributed by atoms with Crippen LogP contribution in [0.5, 0.6) is 0 Å². The van der Waals surface area contributed by atoms with Crippen LogP contribution in [0, 0.1) is 0 Å². The van der Waals surface area contributed by atoms with Gasteiger partial charge in [0.2, 0.25) is 0 Å². The fraction of sp³-hybridized carbons (Fsp3) is 0.308. The molecule has 5 heteroatoms. The van der Waals surface area contributed by atoms with Gasteiger partial charge in [0.05, 0.1) is 19.3 Å². The number of benzene rings is 1. The fourth-order valence-electron chi connectivity index (χ4n) is 1.78. The Balaban J connectivity index is 2.09. The van der Waals surface area contributed by atoms with Gasteiger partial charge in [0, 0.05) is 24.5 Å². The number of nitrogen functional groups attached to an aromatic ring is 1. The molecule has 0 spiro atoms. The summed E-state index contributed by atoms with van der Waals surface area (Å²) in [4.78, 5) is 4.26. The Kier molecular flexibility index (Phi) is 3.96. The van der Waals surface area contributed by atoms with E-state index < -0.39 is 6.10 Å². The lowest BCUT2D eigenvalue weighted by atomic mass is 10.1. The van der Waals surface area contributed by atoms with Crippen LogP contribution in [0.4, 0.5) is 5.69 Å². The van der Waals surface area contributed by atoms with E-state index in [2.05, 4.69) is 4.98 Å². The van der Waals surface area contributed by atoms with E-state index in [1.165, 1.54) is 0 Å². The Morgan fingerprint density at radius 1 is 1.28 bits per heavy atom. The molecule has 2 aromatic rings. The lowest BCUT2D eigenvalue weighted by Gasteiger charge is -2.11. The first-order valence-electron chi connectivity index (χ1n) is 5.82. The second-order valence-corrected chi connectivity index (χ2v) is 4.25. The third-order valence-corrected chi connectivity index (χ3v) is 2.76. The highest BCUT2D eigenvalue weighted by atomic mass is 16.3. The predicted octanol–water partition coefficient (Wildman–Crippen LogP) is 0.409. The molecule has 0 aliphatic rings. The molecule has 0 saturated carbocycles. The fourth-order valence-corrected chi connectivity index (χ4v) is 1.78. The van der Waals surface area contributed by atoms with Gasteiger partial charge >= 0.3 is 0 Å². The molecule has 5 nitrogen and oxygen atoms in total. The lowest BCUT2D eigenvalue weighted by molar-refractivity contribution is 0.0806. The molecule has 0 fully saturated rings. The summed E-state index contributed by atoms with van der Waals surface area (Å²) in [5, 5.41) is 18.3. The molecule has 1 heterocycles. The van der Waals surface area contributed by atoms with Crippen LogP contribution in [0.25, 0.3) is 0 Å². The Hall–Kier alpha value is -1.85. The van der Waals surface area contributed by atoms with Crippen LogP contribution in [-0.2, 0) is 13.0 Å². The molecule has 0 aliphatic heterocycles. The topological polar surface area (TPSA) is 84.3 Å². The van der Waals surface area contributed by atoms with Crippen LogP contribution in [0.2, 0.25) is 0 Å². The molecule has 0 amide bonds. The van der Waals surface area contributed by atoms with Crippen LogP contribution in [0.3, 0.4) is 0 Å². The molecule has 0 radical (unpaired) electrons. The number of nitrogens with two attached hydrogens (primary N) is 1. The van der Waals surface area contributed by atoms with Crippen molar-refractivity contribution in [2.45, 2.75) is 19.1 Å². The Morgan fingerprint density at radius 3 is 2.67 bits per heavy atom.